The van der Waals surface area contributed by atoms with E-state index < -0.39 is 0 Å². The van der Waals surface area contributed by atoms with E-state index in [1.165, 1.54) is 0 Å². The number of aromatic nitrogens is 4. The summed E-state index contributed by atoms with van der Waals surface area (Å²) in [5, 5.41) is 17.0. The molecule has 2 N–H and O–H groups in total. The van der Waals surface area contributed by atoms with Crippen LogP contribution in [-0.4, -0.2) is 54.8 Å². The molecule has 0 aliphatic carbocycles. The monoisotopic (exact) mass is 341 g/mol. The number of rotatable bonds is 5. The molecule has 1 amide bonds. The van der Waals surface area contributed by atoms with Gasteiger partial charge in [-0.2, -0.15) is 5.10 Å². The van der Waals surface area contributed by atoms with Crippen molar-refractivity contribution in [3.05, 3.63) is 30.4 Å². The zero-order chi connectivity index (χ0) is 17.4. The zero-order valence-electron chi connectivity index (χ0n) is 14.4. The summed E-state index contributed by atoms with van der Waals surface area (Å²) in [7, 11) is 0. The van der Waals surface area contributed by atoms with Gasteiger partial charge in [0, 0.05) is 35.5 Å². The van der Waals surface area contributed by atoms with E-state index in [-0.39, 0.29) is 36.4 Å². The minimum Gasteiger partial charge on any atom is -0.396 e. The Morgan fingerprint density at radius 2 is 2.20 bits per heavy atom. The molecular formula is C18H23N5O2. The Bertz CT molecular complexity index is 756. The number of aliphatic hydroxyl groups is 1. The minimum absolute atomic E-state index is 0.0775. The smallest absolute Gasteiger partial charge is 0.230 e. The van der Waals surface area contributed by atoms with Crippen LogP contribution >= 0.6 is 0 Å². The first kappa shape index (κ1) is 16.2. The van der Waals surface area contributed by atoms with Crippen molar-refractivity contribution in [3.8, 4) is 11.4 Å². The molecule has 4 heterocycles. The Hall–Kier alpha value is -2.28. The second kappa shape index (κ2) is 6.22. The van der Waals surface area contributed by atoms with Crippen molar-refractivity contribution in [2.75, 3.05) is 6.61 Å². The summed E-state index contributed by atoms with van der Waals surface area (Å²) in [6.07, 6.45) is 7.45. The van der Waals surface area contributed by atoms with Gasteiger partial charge in [-0.1, -0.05) is 6.92 Å². The van der Waals surface area contributed by atoms with Gasteiger partial charge < -0.3 is 10.0 Å². The number of pyridine rings is 1. The van der Waals surface area contributed by atoms with Gasteiger partial charge in [0.25, 0.3) is 0 Å². The van der Waals surface area contributed by atoms with Crippen LogP contribution in [-0.2, 0) is 11.2 Å². The molecule has 2 aromatic heterocycles. The van der Waals surface area contributed by atoms with Crippen molar-refractivity contribution in [1.82, 2.24) is 25.1 Å². The second-order valence-electron chi connectivity index (χ2n) is 7.14. The zero-order valence-corrected chi connectivity index (χ0v) is 14.4. The van der Waals surface area contributed by atoms with E-state index in [1.807, 2.05) is 17.0 Å². The van der Waals surface area contributed by atoms with Crippen molar-refractivity contribution >= 4 is 5.91 Å². The maximum Gasteiger partial charge on any atom is 0.230 e. The Morgan fingerprint density at radius 1 is 1.40 bits per heavy atom. The molecule has 4 rings (SSSR count). The molecule has 132 valence electrons. The largest absolute Gasteiger partial charge is 0.396 e. The first-order valence-electron chi connectivity index (χ1n) is 8.90. The highest BCUT2D eigenvalue weighted by Gasteiger charge is 2.56. The Balaban J connectivity index is 1.49. The van der Waals surface area contributed by atoms with Gasteiger partial charge in [-0.15, -0.1) is 0 Å². The highest BCUT2D eigenvalue weighted by atomic mass is 16.3. The molecule has 0 saturated carbocycles. The van der Waals surface area contributed by atoms with E-state index in [1.54, 1.807) is 12.4 Å². The normalized spacial score (nSPS) is 27.8. The Kier molecular flexibility index (Phi) is 4.03. The van der Waals surface area contributed by atoms with Gasteiger partial charge in [0.2, 0.25) is 5.91 Å². The van der Waals surface area contributed by atoms with Gasteiger partial charge in [-0.05, 0) is 37.8 Å². The molecule has 0 spiro atoms. The van der Waals surface area contributed by atoms with Crippen molar-refractivity contribution in [2.24, 2.45) is 5.41 Å². The van der Waals surface area contributed by atoms with Crippen molar-refractivity contribution in [1.29, 1.82) is 0 Å². The van der Waals surface area contributed by atoms with Gasteiger partial charge in [0.05, 0.1) is 13.0 Å². The van der Waals surface area contributed by atoms with Crippen molar-refractivity contribution < 1.29 is 9.90 Å². The Labute approximate surface area is 146 Å². The van der Waals surface area contributed by atoms with E-state index in [0.717, 1.165) is 31.2 Å². The lowest BCUT2D eigenvalue weighted by molar-refractivity contribution is -0.132. The van der Waals surface area contributed by atoms with Crippen LogP contribution in [0.3, 0.4) is 0 Å². The molecule has 2 fully saturated rings. The summed E-state index contributed by atoms with van der Waals surface area (Å²) in [4.78, 5) is 23.3. The fraction of sp³-hybridized carbons (Fsp3) is 0.556. The van der Waals surface area contributed by atoms with Crippen molar-refractivity contribution in [2.45, 2.75) is 51.1 Å². The summed E-state index contributed by atoms with van der Waals surface area (Å²) in [6.45, 7) is 2.26. The lowest BCUT2D eigenvalue weighted by Crippen LogP contribution is -2.43. The van der Waals surface area contributed by atoms with Crippen LogP contribution in [0.25, 0.3) is 11.4 Å². The van der Waals surface area contributed by atoms with E-state index >= 15 is 0 Å². The van der Waals surface area contributed by atoms with E-state index in [2.05, 4.69) is 27.1 Å². The highest BCUT2D eigenvalue weighted by molar-refractivity contribution is 5.79. The van der Waals surface area contributed by atoms with Gasteiger partial charge >= 0.3 is 0 Å². The van der Waals surface area contributed by atoms with Crippen LogP contribution < -0.4 is 0 Å². The number of nitrogens with zero attached hydrogens (tertiary/aromatic N) is 4. The molecule has 7 heteroatoms. The first-order valence-corrected chi connectivity index (χ1v) is 8.90. The number of aromatic amines is 1. The quantitative estimate of drug-likeness (QED) is 0.860. The average molecular weight is 341 g/mol. The van der Waals surface area contributed by atoms with Crippen LogP contribution in [0.4, 0.5) is 0 Å². The predicted molar refractivity (Wildman–Crippen MR) is 91.4 cm³/mol. The summed E-state index contributed by atoms with van der Waals surface area (Å²) < 4.78 is 0. The molecular weight excluding hydrogens is 318 g/mol. The number of amides is 1. The van der Waals surface area contributed by atoms with Gasteiger partial charge in [-0.3, -0.25) is 14.9 Å². The summed E-state index contributed by atoms with van der Waals surface area (Å²) in [6, 6.07) is 4.09. The number of fused-ring (bicyclic) bond motifs is 2. The molecule has 0 radical (unpaired) electrons. The fourth-order valence-corrected chi connectivity index (χ4v) is 4.57. The first-order chi connectivity index (χ1) is 12.2. The maximum absolute atomic E-state index is 12.9. The summed E-state index contributed by atoms with van der Waals surface area (Å²) in [5.74, 6) is 1.23. The number of hydrogen-bond donors (Lipinski definition) is 2. The van der Waals surface area contributed by atoms with Crippen LogP contribution in [0, 0.1) is 5.41 Å². The number of carbonyl (C=O) groups excluding carboxylic acids is 1. The van der Waals surface area contributed by atoms with Gasteiger partial charge in [0.1, 0.15) is 5.82 Å². The second-order valence-corrected chi connectivity index (χ2v) is 7.14. The topological polar surface area (TPSA) is 95.0 Å². The molecule has 25 heavy (non-hydrogen) atoms. The molecule has 0 unspecified atom stereocenters. The molecule has 0 aromatic carbocycles. The minimum atomic E-state index is -0.123. The third-order valence-electron chi connectivity index (χ3n) is 5.95. The van der Waals surface area contributed by atoms with Crippen LogP contribution in [0.1, 0.15) is 38.4 Å². The van der Waals surface area contributed by atoms with Crippen LogP contribution in [0.5, 0.6) is 0 Å². The number of aliphatic hydroxyl groups excluding tert-OH is 1. The Morgan fingerprint density at radius 3 is 2.88 bits per heavy atom. The number of nitrogens with one attached hydrogen (secondary N) is 1. The maximum atomic E-state index is 12.9. The van der Waals surface area contributed by atoms with Gasteiger partial charge in [0.15, 0.2) is 5.82 Å². The molecule has 2 aliphatic rings. The predicted octanol–water partition coefficient (Wildman–Crippen LogP) is 1.56. The molecule has 3 atom stereocenters. The molecule has 7 nitrogen and oxygen atoms in total. The number of hydrogen-bond acceptors (Lipinski definition) is 5. The molecule has 2 bridgehead atoms. The molecule has 2 aliphatic heterocycles. The standard InChI is InChI=1S/C18H23N5O2/c1-2-18(11-24)10-13-3-4-14(18)23(13)16(25)9-15-20-17(22-21-15)12-5-7-19-8-6-12/h5-8,13-14,24H,2-4,9-11H2,1H3,(H,20,21,22)/t13-,14+,18-/m1/s1. The fourth-order valence-electron chi connectivity index (χ4n) is 4.57. The summed E-state index contributed by atoms with van der Waals surface area (Å²) >= 11 is 0. The SMILES string of the molecule is CC[C@]1(CO)C[C@H]2CC[C@@H]1N2C(=O)Cc1nc(-c2ccncc2)n[nH]1. The van der Waals surface area contributed by atoms with E-state index in [0.29, 0.717) is 11.6 Å². The number of H-pyrrole nitrogens is 1. The third-order valence-corrected chi connectivity index (χ3v) is 5.95. The number of carbonyl (C=O) groups is 1. The van der Waals surface area contributed by atoms with E-state index in [4.69, 9.17) is 0 Å². The van der Waals surface area contributed by atoms with Crippen molar-refractivity contribution in [3.63, 3.8) is 0 Å². The molecule has 2 aromatic rings. The lowest BCUT2D eigenvalue weighted by Gasteiger charge is -2.34. The highest BCUT2D eigenvalue weighted by Crippen LogP contribution is 2.51. The van der Waals surface area contributed by atoms with Gasteiger partial charge in [-0.25, -0.2) is 4.98 Å². The van der Waals surface area contributed by atoms with Crippen LogP contribution in [0.2, 0.25) is 0 Å². The summed E-state index contributed by atoms with van der Waals surface area (Å²) in [5.41, 5.74) is 0.749. The van der Waals surface area contributed by atoms with Crippen LogP contribution in [0.15, 0.2) is 24.5 Å². The molecule has 2 saturated heterocycles. The average Bonchev–Trinajstić information content (AvgIpc) is 3.35. The lowest BCUT2D eigenvalue weighted by atomic mass is 9.72. The third kappa shape index (κ3) is 2.63. The van der Waals surface area contributed by atoms with E-state index in [9.17, 15) is 9.90 Å².